The monoisotopic (exact) mass is 354 g/mol. The number of rotatable bonds is 6. The predicted molar refractivity (Wildman–Crippen MR) is 84.4 cm³/mol. The van der Waals surface area contributed by atoms with Gasteiger partial charge in [-0.3, -0.25) is 4.79 Å². The average Bonchev–Trinajstić information content (AvgIpc) is 2.80. The number of anilines is 1. The molecule has 1 amide bonds. The van der Waals surface area contributed by atoms with Crippen molar-refractivity contribution in [1.82, 2.24) is 4.98 Å². The number of amides is 1. The summed E-state index contributed by atoms with van der Waals surface area (Å²) in [5.41, 5.74) is 0.920. The van der Waals surface area contributed by atoms with E-state index in [4.69, 9.17) is 4.74 Å². The van der Waals surface area contributed by atoms with E-state index in [0.717, 1.165) is 15.9 Å². The van der Waals surface area contributed by atoms with Gasteiger partial charge in [-0.05, 0) is 31.5 Å². The molecule has 4 nitrogen and oxygen atoms in total. The maximum atomic E-state index is 11.7. The highest BCUT2D eigenvalue weighted by molar-refractivity contribution is 9.10. The summed E-state index contributed by atoms with van der Waals surface area (Å²) in [6.07, 6.45) is 1.09. The van der Waals surface area contributed by atoms with Crippen molar-refractivity contribution in [1.29, 1.82) is 0 Å². The number of aromatic nitrogens is 1. The molecule has 20 heavy (non-hydrogen) atoms. The van der Waals surface area contributed by atoms with Crippen molar-refractivity contribution < 1.29 is 9.53 Å². The molecule has 0 bridgehead atoms. The van der Waals surface area contributed by atoms with Crippen molar-refractivity contribution >= 4 is 38.3 Å². The summed E-state index contributed by atoms with van der Waals surface area (Å²) < 4.78 is 6.55. The minimum absolute atomic E-state index is 0.0304. The van der Waals surface area contributed by atoms with Crippen LogP contribution in [-0.4, -0.2) is 17.5 Å². The van der Waals surface area contributed by atoms with Crippen LogP contribution in [0.4, 0.5) is 5.13 Å². The number of nitrogens with zero attached hydrogens (tertiary/aromatic N) is 1. The first-order valence-electron chi connectivity index (χ1n) is 6.24. The van der Waals surface area contributed by atoms with Gasteiger partial charge in [0.1, 0.15) is 5.75 Å². The van der Waals surface area contributed by atoms with Crippen LogP contribution >= 0.6 is 27.3 Å². The van der Waals surface area contributed by atoms with Crippen LogP contribution in [-0.2, 0) is 4.79 Å². The molecule has 0 aliphatic carbocycles. The number of nitrogens with one attached hydrogen (secondary N) is 1. The molecule has 0 unspecified atom stereocenters. The zero-order chi connectivity index (χ0) is 14.4. The second-order valence-corrected chi connectivity index (χ2v) is 6.03. The summed E-state index contributed by atoms with van der Waals surface area (Å²) in [7, 11) is 0. The Morgan fingerprint density at radius 2 is 2.35 bits per heavy atom. The van der Waals surface area contributed by atoms with Crippen LogP contribution in [0, 0.1) is 6.92 Å². The lowest BCUT2D eigenvalue weighted by atomic mass is 10.3. The van der Waals surface area contributed by atoms with Crippen molar-refractivity contribution in [3.63, 3.8) is 0 Å². The smallest absolute Gasteiger partial charge is 0.226 e. The Balaban J connectivity index is 1.67. The molecule has 1 N–H and O–H groups in total. The SMILES string of the molecule is Cc1csc(NC(=O)CCCOc2cccc(Br)c2)n1. The largest absolute Gasteiger partial charge is 0.494 e. The minimum atomic E-state index is -0.0304. The highest BCUT2D eigenvalue weighted by Gasteiger charge is 2.05. The number of hydrogen-bond acceptors (Lipinski definition) is 4. The molecule has 106 valence electrons. The van der Waals surface area contributed by atoms with Gasteiger partial charge in [0.05, 0.1) is 12.3 Å². The Bertz CT molecular complexity index is 586. The molecule has 0 radical (unpaired) electrons. The number of carbonyl (C=O) groups is 1. The lowest BCUT2D eigenvalue weighted by Crippen LogP contribution is -2.12. The maximum absolute atomic E-state index is 11.7. The van der Waals surface area contributed by atoms with E-state index < -0.39 is 0 Å². The van der Waals surface area contributed by atoms with Gasteiger partial charge in [-0.25, -0.2) is 4.98 Å². The minimum Gasteiger partial charge on any atom is -0.494 e. The second kappa shape index (κ2) is 7.40. The van der Waals surface area contributed by atoms with Gasteiger partial charge in [-0.15, -0.1) is 11.3 Å². The van der Waals surface area contributed by atoms with E-state index in [1.165, 1.54) is 11.3 Å². The molecule has 1 aromatic heterocycles. The van der Waals surface area contributed by atoms with Gasteiger partial charge in [0.2, 0.25) is 5.91 Å². The predicted octanol–water partition coefficient (Wildman–Crippen LogP) is 4.01. The van der Waals surface area contributed by atoms with Crippen LogP contribution in [0.15, 0.2) is 34.1 Å². The average molecular weight is 355 g/mol. The van der Waals surface area contributed by atoms with Crippen LogP contribution in [0.5, 0.6) is 5.75 Å². The molecule has 2 aromatic rings. The standard InChI is InChI=1S/C14H15BrN2O2S/c1-10-9-20-14(16-10)17-13(18)6-3-7-19-12-5-2-4-11(15)8-12/h2,4-5,8-9H,3,6-7H2,1H3,(H,16,17,18). The van der Waals surface area contributed by atoms with Crippen LogP contribution in [0.3, 0.4) is 0 Å². The van der Waals surface area contributed by atoms with Crippen molar-refractivity contribution in [3.05, 3.63) is 39.8 Å². The van der Waals surface area contributed by atoms with Gasteiger partial charge in [0, 0.05) is 16.3 Å². The Kier molecular flexibility index (Phi) is 5.55. The summed E-state index contributed by atoms with van der Waals surface area (Å²) in [5, 5.41) is 5.34. The molecule has 0 fully saturated rings. The third-order valence-corrected chi connectivity index (χ3v) is 3.85. The Morgan fingerprint density at radius 1 is 1.50 bits per heavy atom. The molecule has 0 aliphatic rings. The molecule has 6 heteroatoms. The maximum Gasteiger partial charge on any atom is 0.226 e. The Labute approximate surface area is 130 Å². The van der Waals surface area contributed by atoms with Gasteiger partial charge in [-0.1, -0.05) is 22.0 Å². The van der Waals surface area contributed by atoms with E-state index in [0.29, 0.717) is 24.6 Å². The molecule has 0 spiro atoms. The first-order chi connectivity index (χ1) is 9.63. The molecule has 1 aromatic carbocycles. The number of ether oxygens (including phenoxy) is 1. The zero-order valence-electron chi connectivity index (χ0n) is 11.1. The van der Waals surface area contributed by atoms with Gasteiger partial charge in [0.25, 0.3) is 0 Å². The fourth-order valence-electron chi connectivity index (χ4n) is 1.57. The van der Waals surface area contributed by atoms with Gasteiger partial charge >= 0.3 is 0 Å². The molecule has 0 atom stereocenters. The molecule has 0 saturated heterocycles. The van der Waals surface area contributed by atoms with Crippen LogP contribution < -0.4 is 10.1 Å². The van der Waals surface area contributed by atoms with E-state index in [-0.39, 0.29) is 5.91 Å². The van der Waals surface area contributed by atoms with E-state index >= 15 is 0 Å². The lowest BCUT2D eigenvalue weighted by Gasteiger charge is -2.06. The summed E-state index contributed by atoms with van der Waals surface area (Å²) >= 11 is 4.82. The van der Waals surface area contributed by atoms with E-state index in [1.807, 2.05) is 36.6 Å². The lowest BCUT2D eigenvalue weighted by molar-refractivity contribution is -0.116. The van der Waals surface area contributed by atoms with Crippen molar-refractivity contribution in [2.45, 2.75) is 19.8 Å². The highest BCUT2D eigenvalue weighted by Crippen LogP contribution is 2.18. The van der Waals surface area contributed by atoms with Gasteiger partial charge in [-0.2, -0.15) is 0 Å². The zero-order valence-corrected chi connectivity index (χ0v) is 13.5. The topological polar surface area (TPSA) is 51.2 Å². The van der Waals surface area contributed by atoms with Crippen LogP contribution in [0.25, 0.3) is 0 Å². The number of halogens is 1. The third kappa shape index (κ3) is 4.94. The van der Waals surface area contributed by atoms with Gasteiger partial charge < -0.3 is 10.1 Å². The Hall–Kier alpha value is -1.40. The number of benzene rings is 1. The normalized spacial score (nSPS) is 10.3. The molecule has 0 saturated carbocycles. The molecular weight excluding hydrogens is 340 g/mol. The number of carbonyl (C=O) groups excluding carboxylic acids is 1. The summed E-state index contributed by atoms with van der Waals surface area (Å²) in [4.78, 5) is 15.9. The fraction of sp³-hybridized carbons (Fsp3) is 0.286. The van der Waals surface area contributed by atoms with Crippen molar-refractivity contribution in [2.24, 2.45) is 0 Å². The third-order valence-electron chi connectivity index (χ3n) is 2.48. The summed E-state index contributed by atoms with van der Waals surface area (Å²) in [5.74, 6) is 0.771. The first kappa shape index (κ1) is 15.0. The van der Waals surface area contributed by atoms with Crippen molar-refractivity contribution in [3.8, 4) is 5.75 Å². The quantitative estimate of drug-likeness (QED) is 0.797. The fourth-order valence-corrected chi connectivity index (χ4v) is 2.66. The van der Waals surface area contributed by atoms with Crippen LogP contribution in [0.2, 0.25) is 0 Å². The number of aryl methyl sites for hydroxylation is 1. The molecule has 2 rings (SSSR count). The second-order valence-electron chi connectivity index (χ2n) is 4.25. The van der Waals surface area contributed by atoms with Gasteiger partial charge in [0.15, 0.2) is 5.13 Å². The number of hydrogen-bond donors (Lipinski definition) is 1. The highest BCUT2D eigenvalue weighted by atomic mass is 79.9. The van der Waals surface area contributed by atoms with E-state index in [9.17, 15) is 4.79 Å². The molecule has 0 aliphatic heterocycles. The van der Waals surface area contributed by atoms with E-state index in [1.54, 1.807) is 0 Å². The van der Waals surface area contributed by atoms with E-state index in [2.05, 4.69) is 26.2 Å². The van der Waals surface area contributed by atoms with Crippen molar-refractivity contribution in [2.75, 3.05) is 11.9 Å². The summed E-state index contributed by atoms with van der Waals surface area (Å²) in [6.45, 7) is 2.42. The molecular formula is C14H15BrN2O2S. The number of thiazole rings is 1. The Morgan fingerprint density at radius 3 is 3.05 bits per heavy atom. The summed E-state index contributed by atoms with van der Waals surface area (Å²) in [6, 6.07) is 7.65. The molecule has 1 heterocycles. The van der Waals surface area contributed by atoms with Crippen LogP contribution in [0.1, 0.15) is 18.5 Å². The first-order valence-corrected chi connectivity index (χ1v) is 7.91.